The summed E-state index contributed by atoms with van der Waals surface area (Å²) in [7, 11) is 6.37. The van der Waals surface area contributed by atoms with Crippen molar-refractivity contribution in [1.82, 2.24) is 0 Å². The van der Waals surface area contributed by atoms with E-state index in [9.17, 15) is 0 Å². The minimum Gasteiger partial charge on any atom is -0.497 e. The standard InChI is InChI=1S/C13H21NO4/c1-15-10-6-5-9(12(8-10)16-2)7-11(14)13(17-3)18-4/h5-6,8,11,13H,7,14H2,1-4H3. The van der Waals surface area contributed by atoms with Crippen LogP contribution in [0.1, 0.15) is 5.56 Å². The molecule has 0 aliphatic rings. The maximum absolute atomic E-state index is 6.03. The molecule has 1 atom stereocenters. The molecular formula is C13H21NO4. The average Bonchev–Trinajstić information content (AvgIpc) is 2.40. The van der Waals surface area contributed by atoms with E-state index in [0.29, 0.717) is 6.42 Å². The van der Waals surface area contributed by atoms with E-state index in [4.69, 9.17) is 24.7 Å². The molecule has 0 saturated heterocycles. The smallest absolute Gasteiger partial charge is 0.172 e. The molecule has 0 aromatic heterocycles. The van der Waals surface area contributed by atoms with Gasteiger partial charge >= 0.3 is 0 Å². The quantitative estimate of drug-likeness (QED) is 0.742. The Bertz CT molecular complexity index is 366. The fourth-order valence-corrected chi connectivity index (χ4v) is 1.82. The Kier molecular flexibility index (Phi) is 5.91. The lowest BCUT2D eigenvalue weighted by molar-refractivity contribution is -0.115. The van der Waals surface area contributed by atoms with Gasteiger partial charge in [-0.3, -0.25) is 0 Å². The van der Waals surface area contributed by atoms with Gasteiger partial charge in [0.15, 0.2) is 6.29 Å². The highest BCUT2D eigenvalue weighted by Crippen LogP contribution is 2.25. The number of rotatable bonds is 7. The number of nitrogens with two attached hydrogens (primary N) is 1. The van der Waals surface area contributed by atoms with Crippen LogP contribution in [0.25, 0.3) is 0 Å². The Hall–Kier alpha value is -1.30. The Balaban J connectivity index is 2.83. The van der Waals surface area contributed by atoms with E-state index < -0.39 is 6.29 Å². The molecule has 0 bridgehead atoms. The van der Waals surface area contributed by atoms with Crippen molar-refractivity contribution in [2.45, 2.75) is 18.8 Å². The molecule has 2 N–H and O–H groups in total. The van der Waals surface area contributed by atoms with Gasteiger partial charge in [-0.1, -0.05) is 6.07 Å². The van der Waals surface area contributed by atoms with Crippen LogP contribution < -0.4 is 15.2 Å². The lowest BCUT2D eigenvalue weighted by Crippen LogP contribution is -2.39. The minimum absolute atomic E-state index is 0.262. The maximum atomic E-state index is 6.03. The van der Waals surface area contributed by atoms with Crippen LogP contribution in [-0.2, 0) is 15.9 Å². The van der Waals surface area contributed by atoms with Gasteiger partial charge in [0.05, 0.1) is 20.3 Å². The molecule has 0 saturated carbocycles. The molecule has 0 heterocycles. The van der Waals surface area contributed by atoms with Crippen LogP contribution in [0, 0.1) is 0 Å². The van der Waals surface area contributed by atoms with Crippen molar-refractivity contribution >= 4 is 0 Å². The summed E-state index contributed by atoms with van der Waals surface area (Å²) < 4.78 is 20.7. The number of ether oxygens (including phenoxy) is 4. The summed E-state index contributed by atoms with van der Waals surface area (Å²) >= 11 is 0. The van der Waals surface area contributed by atoms with Crippen LogP contribution >= 0.6 is 0 Å². The van der Waals surface area contributed by atoms with E-state index in [1.165, 1.54) is 0 Å². The molecule has 5 nitrogen and oxygen atoms in total. The number of hydrogen-bond acceptors (Lipinski definition) is 5. The molecule has 0 aliphatic carbocycles. The fraction of sp³-hybridized carbons (Fsp3) is 0.538. The molecule has 1 rings (SSSR count). The van der Waals surface area contributed by atoms with Gasteiger partial charge in [-0.2, -0.15) is 0 Å². The first-order chi connectivity index (χ1) is 8.65. The van der Waals surface area contributed by atoms with E-state index in [1.54, 1.807) is 28.4 Å². The highest BCUT2D eigenvalue weighted by Gasteiger charge is 2.18. The lowest BCUT2D eigenvalue weighted by Gasteiger charge is -2.21. The van der Waals surface area contributed by atoms with Gasteiger partial charge in [0.1, 0.15) is 11.5 Å². The average molecular weight is 255 g/mol. The van der Waals surface area contributed by atoms with Gasteiger partial charge in [-0.15, -0.1) is 0 Å². The highest BCUT2D eigenvalue weighted by atomic mass is 16.7. The maximum Gasteiger partial charge on any atom is 0.172 e. The van der Waals surface area contributed by atoms with Gasteiger partial charge in [0, 0.05) is 20.3 Å². The van der Waals surface area contributed by atoms with Crippen molar-refractivity contribution in [2.24, 2.45) is 5.73 Å². The molecule has 18 heavy (non-hydrogen) atoms. The Morgan fingerprint density at radius 2 is 1.72 bits per heavy atom. The Morgan fingerprint density at radius 1 is 1.06 bits per heavy atom. The molecule has 0 amide bonds. The molecule has 0 spiro atoms. The second kappa shape index (κ2) is 7.20. The number of benzene rings is 1. The van der Waals surface area contributed by atoms with Crippen LogP contribution in [-0.4, -0.2) is 40.8 Å². The first-order valence-corrected chi connectivity index (χ1v) is 5.68. The molecule has 0 fully saturated rings. The van der Waals surface area contributed by atoms with Crippen molar-refractivity contribution in [2.75, 3.05) is 28.4 Å². The third-order valence-corrected chi connectivity index (χ3v) is 2.76. The second-order valence-electron chi connectivity index (χ2n) is 3.89. The summed E-state index contributed by atoms with van der Waals surface area (Å²) in [5.41, 5.74) is 7.02. The topological polar surface area (TPSA) is 62.9 Å². The number of hydrogen-bond donors (Lipinski definition) is 1. The first kappa shape index (κ1) is 14.8. The van der Waals surface area contributed by atoms with Crippen molar-refractivity contribution < 1.29 is 18.9 Å². The van der Waals surface area contributed by atoms with Gasteiger partial charge in [0.25, 0.3) is 0 Å². The van der Waals surface area contributed by atoms with Crippen LogP contribution in [0.4, 0.5) is 0 Å². The zero-order valence-electron chi connectivity index (χ0n) is 11.3. The summed E-state index contributed by atoms with van der Waals surface area (Å²) in [5.74, 6) is 1.50. The minimum atomic E-state index is -0.434. The molecule has 1 aromatic carbocycles. The van der Waals surface area contributed by atoms with Crippen LogP contribution in [0.2, 0.25) is 0 Å². The van der Waals surface area contributed by atoms with Crippen LogP contribution in [0.15, 0.2) is 18.2 Å². The van der Waals surface area contributed by atoms with Gasteiger partial charge < -0.3 is 24.7 Å². The molecular weight excluding hydrogens is 234 g/mol. The molecule has 5 heteroatoms. The monoisotopic (exact) mass is 255 g/mol. The third-order valence-electron chi connectivity index (χ3n) is 2.76. The summed E-state index contributed by atoms with van der Waals surface area (Å²) in [4.78, 5) is 0. The zero-order chi connectivity index (χ0) is 13.5. The summed E-state index contributed by atoms with van der Waals surface area (Å²) in [5, 5.41) is 0. The van der Waals surface area contributed by atoms with Crippen molar-refractivity contribution in [3.8, 4) is 11.5 Å². The van der Waals surface area contributed by atoms with Crippen LogP contribution in [0.3, 0.4) is 0 Å². The highest BCUT2D eigenvalue weighted by molar-refractivity contribution is 5.41. The summed E-state index contributed by atoms with van der Waals surface area (Å²) in [6.07, 6.45) is 0.163. The third kappa shape index (κ3) is 3.60. The largest absolute Gasteiger partial charge is 0.497 e. The Morgan fingerprint density at radius 3 is 2.22 bits per heavy atom. The predicted molar refractivity (Wildman–Crippen MR) is 69.0 cm³/mol. The second-order valence-corrected chi connectivity index (χ2v) is 3.89. The summed E-state index contributed by atoms with van der Waals surface area (Å²) in [6, 6.07) is 5.37. The molecule has 1 unspecified atom stereocenters. The van der Waals surface area contributed by atoms with Gasteiger partial charge in [0.2, 0.25) is 0 Å². The SMILES string of the molecule is COc1ccc(CC(N)C(OC)OC)c(OC)c1. The molecule has 0 radical (unpaired) electrons. The fourth-order valence-electron chi connectivity index (χ4n) is 1.82. The molecule has 0 aliphatic heterocycles. The van der Waals surface area contributed by atoms with E-state index in [1.807, 2.05) is 18.2 Å². The van der Waals surface area contributed by atoms with Crippen molar-refractivity contribution in [3.63, 3.8) is 0 Å². The normalized spacial score (nSPS) is 12.6. The first-order valence-electron chi connectivity index (χ1n) is 5.68. The van der Waals surface area contributed by atoms with Crippen LogP contribution in [0.5, 0.6) is 11.5 Å². The van der Waals surface area contributed by atoms with E-state index in [2.05, 4.69) is 0 Å². The van der Waals surface area contributed by atoms with E-state index in [0.717, 1.165) is 17.1 Å². The van der Waals surface area contributed by atoms with Crippen molar-refractivity contribution in [1.29, 1.82) is 0 Å². The van der Waals surface area contributed by atoms with Gasteiger partial charge in [-0.05, 0) is 18.1 Å². The van der Waals surface area contributed by atoms with E-state index >= 15 is 0 Å². The zero-order valence-corrected chi connectivity index (χ0v) is 11.3. The number of methoxy groups -OCH3 is 4. The van der Waals surface area contributed by atoms with E-state index in [-0.39, 0.29) is 6.04 Å². The van der Waals surface area contributed by atoms with Gasteiger partial charge in [-0.25, -0.2) is 0 Å². The molecule has 1 aromatic rings. The predicted octanol–water partition coefficient (Wildman–Crippen LogP) is 1.19. The molecule has 102 valence electrons. The summed E-state index contributed by atoms with van der Waals surface area (Å²) in [6.45, 7) is 0. The Labute approximate surface area is 108 Å². The van der Waals surface area contributed by atoms with Crippen molar-refractivity contribution in [3.05, 3.63) is 23.8 Å². The lowest BCUT2D eigenvalue weighted by atomic mass is 10.0.